The highest BCUT2D eigenvalue weighted by Gasteiger charge is 2.04. The predicted molar refractivity (Wildman–Crippen MR) is 104 cm³/mol. The van der Waals surface area contributed by atoms with Gasteiger partial charge in [-0.3, -0.25) is 9.59 Å². The fraction of sp³-hybridized carbons (Fsp3) is 0.0435. The molecule has 0 atom stereocenters. The summed E-state index contributed by atoms with van der Waals surface area (Å²) >= 11 is 0. The zero-order chi connectivity index (χ0) is 17.9. The normalized spacial score (nSPS) is 11.8. The van der Waals surface area contributed by atoms with Crippen molar-refractivity contribution in [3.05, 3.63) is 109 Å². The first-order chi connectivity index (χ1) is 12.2. The molecule has 0 unspecified atom stereocenters. The largest absolute Gasteiger partial charge is 0.294 e. The Bertz CT molecular complexity index is 810. The fourth-order valence-corrected chi connectivity index (χ4v) is 2.23. The summed E-state index contributed by atoms with van der Waals surface area (Å²) in [5.74, 6) is -0.462. The molecule has 0 aliphatic carbocycles. The number of hydrogen-bond acceptors (Lipinski definition) is 2. The summed E-state index contributed by atoms with van der Waals surface area (Å²) in [6.07, 6.45) is 9.48. The van der Waals surface area contributed by atoms with Gasteiger partial charge in [-0.1, -0.05) is 85.5 Å². The lowest BCUT2D eigenvalue weighted by Gasteiger charge is -2.03. The standard InChI is InChI=1S/C23H20O2/c1-2-3-14-22(24)18-23(25)16-15-21(20-12-8-5-9-13-20)17-19-10-6-4-7-11-19/h2-17H,1,18H2. The molecule has 0 amide bonds. The minimum absolute atomic E-state index is 0.145. The van der Waals surface area contributed by atoms with Gasteiger partial charge in [-0.15, -0.1) is 0 Å². The Kier molecular flexibility index (Phi) is 7.08. The van der Waals surface area contributed by atoms with Crippen molar-refractivity contribution in [2.45, 2.75) is 6.42 Å². The van der Waals surface area contributed by atoms with Crippen LogP contribution in [0.4, 0.5) is 0 Å². The van der Waals surface area contributed by atoms with Crippen LogP contribution >= 0.6 is 0 Å². The first kappa shape index (κ1) is 18.1. The van der Waals surface area contributed by atoms with Crippen molar-refractivity contribution < 1.29 is 9.59 Å². The molecule has 2 aromatic carbocycles. The van der Waals surface area contributed by atoms with Crippen LogP contribution in [-0.4, -0.2) is 11.6 Å². The summed E-state index contributed by atoms with van der Waals surface area (Å²) in [5.41, 5.74) is 2.96. The van der Waals surface area contributed by atoms with E-state index in [4.69, 9.17) is 0 Å². The lowest BCUT2D eigenvalue weighted by atomic mass is 10.0. The zero-order valence-electron chi connectivity index (χ0n) is 14.0. The summed E-state index contributed by atoms with van der Waals surface area (Å²) in [5, 5.41) is 0. The third kappa shape index (κ3) is 6.40. The molecule has 25 heavy (non-hydrogen) atoms. The number of rotatable bonds is 8. The van der Waals surface area contributed by atoms with Crippen LogP contribution in [-0.2, 0) is 9.59 Å². The highest BCUT2D eigenvalue weighted by Crippen LogP contribution is 2.19. The number of carbonyl (C=O) groups is 2. The predicted octanol–water partition coefficient (Wildman–Crippen LogP) is 5.05. The first-order valence-electron chi connectivity index (χ1n) is 8.04. The molecule has 2 heteroatoms. The van der Waals surface area contributed by atoms with Crippen molar-refractivity contribution in [1.82, 2.24) is 0 Å². The summed E-state index contributed by atoms with van der Waals surface area (Å²) in [6.45, 7) is 3.50. The maximum absolute atomic E-state index is 12.0. The van der Waals surface area contributed by atoms with Gasteiger partial charge in [0, 0.05) is 0 Å². The lowest BCUT2D eigenvalue weighted by molar-refractivity contribution is -0.121. The summed E-state index contributed by atoms with van der Waals surface area (Å²) in [6, 6.07) is 19.7. The molecule has 0 bridgehead atoms. The topological polar surface area (TPSA) is 34.1 Å². The molecule has 2 aromatic rings. The molecule has 0 heterocycles. The Labute approximate surface area is 148 Å². The molecule has 0 saturated heterocycles. The number of ketones is 2. The van der Waals surface area contributed by atoms with E-state index < -0.39 is 0 Å². The van der Waals surface area contributed by atoms with Crippen LogP contribution in [0.2, 0.25) is 0 Å². The van der Waals surface area contributed by atoms with Crippen molar-refractivity contribution in [1.29, 1.82) is 0 Å². The van der Waals surface area contributed by atoms with E-state index in [2.05, 4.69) is 6.58 Å². The second-order valence-electron chi connectivity index (χ2n) is 5.41. The monoisotopic (exact) mass is 328 g/mol. The fourth-order valence-electron chi connectivity index (χ4n) is 2.23. The second-order valence-corrected chi connectivity index (χ2v) is 5.41. The van der Waals surface area contributed by atoms with Crippen LogP contribution in [0.15, 0.2) is 97.6 Å². The van der Waals surface area contributed by atoms with E-state index in [0.29, 0.717) is 0 Å². The summed E-state index contributed by atoms with van der Waals surface area (Å²) in [4.78, 5) is 23.6. The van der Waals surface area contributed by atoms with Gasteiger partial charge < -0.3 is 0 Å². The average Bonchev–Trinajstić information content (AvgIpc) is 2.65. The van der Waals surface area contributed by atoms with Crippen molar-refractivity contribution in [2.75, 3.05) is 0 Å². The van der Waals surface area contributed by atoms with E-state index in [-0.39, 0.29) is 18.0 Å². The Balaban J connectivity index is 2.21. The molecule has 124 valence electrons. The molecule has 0 aliphatic heterocycles. The van der Waals surface area contributed by atoms with Gasteiger partial charge in [-0.05, 0) is 34.9 Å². The van der Waals surface area contributed by atoms with Gasteiger partial charge >= 0.3 is 0 Å². The number of benzene rings is 2. The average molecular weight is 328 g/mol. The van der Waals surface area contributed by atoms with Gasteiger partial charge in [-0.25, -0.2) is 0 Å². The second kappa shape index (κ2) is 9.78. The van der Waals surface area contributed by atoms with Crippen LogP contribution < -0.4 is 0 Å². The van der Waals surface area contributed by atoms with E-state index in [1.54, 1.807) is 6.08 Å². The number of allylic oxidation sites excluding steroid dienone is 6. The van der Waals surface area contributed by atoms with E-state index in [1.165, 1.54) is 24.3 Å². The van der Waals surface area contributed by atoms with Crippen molar-refractivity contribution in [2.24, 2.45) is 0 Å². The molecule has 0 aromatic heterocycles. The molecule has 0 fully saturated rings. The van der Waals surface area contributed by atoms with Gasteiger partial charge in [0.05, 0.1) is 6.42 Å². The maximum Gasteiger partial charge on any atom is 0.163 e. The molecule has 0 spiro atoms. The highest BCUT2D eigenvalue weighted by atomic mass is 16.1. The van der Waals surface area contributed by atoms with Crippen LogP contribution in [0.3, 0.4) is 0 Å². The molecule has 0 N–H and O–H groups in total. The zero-order valence-corrected chi connectivity index (χ0v) is 14.0. The third-order valence-electron chi connectivity index (χ3n) is 3.44. The molecule has 2 rings (SSSR count). The van der Waals surface area contributed by atoms with Crippen molar-refractivity contribution in [3.8, 4) is 0 Å². The van der Waals surface area contributed by atoms with E-state index >= 15 is 0 Å². The molecular formula is C23H20O2. The lowest BCUT2D eigenvalue weighted by Crippen LogP contribution is -2.02. The Morgan fingerprint density at radius 3 is 2.04 bits per heavy atom. The number of carbonyl (C=O) groups excluding carboxylic acids is 2. The first-order valence-corrected chi connectivity index (χ1v) is 8.04. The van der Waals surface area contributed by atoms with Crippen LogP contribution in [0.1, 0.15) is 17.5 Å². The summed E-state index contributed by atoms with van der Waals surface area (Å²) in [7, 11) is 0. The highest BCUT2D eigenvalue weighted by molar-refractivity contribution is 6.09. The summed E-state index contributed by atoms with van der Waals surface area (Å²) < 4.78 is 0. The van der Waals surface area contributed by atoms with Gasteiger partial charge in [0.2, 0.25) is 0 Å². The van der Waals surface area contributed by atoms with Crippen LogP contribution in [0.5, 0.6) is 0 Å². The Morgan fingerprint density at radius 2 is 1.40 bits per heavy atom. The Hall–Kier alpha value is -3.26. The van der Waals surface area contributed by atoms with Gasteiger partial charge in [0.15, 0.2) is 11.6 Å². The van der Waals surface area contributed by atoms with Crippen LogP contribution in [0, 0.1) is 0 Å². The SMILES string of the molecule is C=CC=CC(=O)CC(=O)C=CC(=Cc1ccccc1)c1ccccc1. The maximum atomic E-state index is 12.0. The molecular weight excluding hydrogens is 308 g/mol. The van der Waals surface area contributed by atoms with Gasteiger partial charge in [0.25, 0.3) is 0 Å². The molecule has 0 aliphatic rings. The van der Waals surface area contributed by atoms with Gasteiger partial charge in [0.1, 0.15) is 0 Å². The van der Waals surface area contributed by atoms with Crippen LogP contribution in [0.25, 0.3) is 11.6 Å². The minimum atomic E-state index is -0.233. The van der Waals surface area contributed by atoms with E-state index in [9.17, 15) is 9.59 Å². The molecule has 0 saturated carbocycles. The Morgan fingerprint density at radius 1 is 0.800 bits per heavy atom. The molecule has 2 nitrogen and oxygen atoms in total. The van der Waals surface area contributed by atoms with Crippen molar-refractivity contribution >= 4 is 23.2 Å². The van der Waals surface area contributed by atoms with E-state index in [1.807, 2.05) is 66.7 Å². The van der Waals surface area contributed by atoms with E-state index in [0.717, 1.165) is 16.7 Å². The third-order valence-corrected chi connectivity index (χ3v) is 3.44. The quantitative estimate of drug-likeness (QED) is 0.294. The smallest absolute Gasteiger partial charge is 0.163 e. The molecule has 0 radical (unpaired) electrons. The van der Waals surface area contributed by atoms with Crippen molar-refractivity contribution in [3.63, 3.8) is 0 Å². The number of hydrogen-bond donors (Lipinski definition) is 0. The van der Waals surface area contributed by atoms with Gasteiger partial charge in [-0.2, -0.15) is 0 Å². The minimum Gasteiger partial charge on any atom is -0.294 e.